The second kappa shape index (κ2) is 5.33. The summed E-state index contributed by atoms with van der Waals surface area (Å²) in [6.45, 7) is 2.33. The number of carbonyl (C=O) groups excluding carboxylic acids is 2. The van der Waals surface area contributed by atoms with E-state index in [1.165, 1.54) is 6.08 Å². The Morgan fingerprint density at radius 3 is 2.61 bits per heavy atom. The van der Waals surface area contributed by atoms with E-state index in [4.69, 9.17) is 0 Å². The summed E-state index contributed by atoms with van der Waals surface area (Å²) in [4.78, 5) is 23.9. The predicted octanol–water partition coefficient (Wildman–Crippen LogP) is 1.95. The van der Waals surface area contributed by atoms with Crippen LogP contribution < -0.4 is 5.32 Å². The van der Waals surface area contributed by atoms with Crippen LogP contribution in [0.15, 0.2) is 36.0 Å². The van der Waals surface area contributed by atoms with Crippen molar-refractivity contribution in [3.05, 3.63) is 47.2 Å². The lowest BCUT2D eigenvalue weighted by Gasteiger charge is -2.15. The first-order valence-corrected chi connectivity index (χ1v) is 5.77. The summed E-state index contributed by atoms with van der Waals surface area (Å²) in [7, 11) is 0. The Morgan fingerprint density at radius 2 is 1.89 bits per heavy atom. The number of fused-ring (bicyclic) bond motifs is 1. The molecule has 0 unspecified atom stereocenters. The Labute approximate surface area is 106 Å². The summed E-state index contributed by atoms with van der Waals surface area (Å²) in [5.41, 5.74) is 1.30. The number of ketones is 2. The second-order valence-corrected chi connectivity index (χ2v) is 3.90. The fourth-order valence-electron chi connectivity index (χ4n) is 1.83. The van der Waals surface area contributed by atoms with Crippen LogP contribution in [0.1, 0.15) is 34.1 Å². The van der Waals surface area contributed by atoms with E-state index in [0.29, 0.717) is 29.8 Å². The molecule has 1 aromatic carbocycles. The fourth-order valence-corrected chi connectivity index (χ4v) is 1.83. The molecule has 0 aliphatic heterocycles. The van der Waals surface area contributed by atoms with Crippen LogP contribution in [0.5, 0.6) is 0 Å². The maximum absolute atomic E-state index is 12.1. The Kier molecular flexibility index (Phi) is 3.59. The van der Waals surface area contributed by atoms with Crippen LogP contribution >= 0.6 is 0 Å². The molecule has 0 heterocycles. The topological polar surface area (TPSA) is 46.2 Å². The van der Waals surface area contributed by atoms with Gasteiger partial charge in [0.15, 0.2) is 5.78 Å². The van der Waals surface area contributed by atoms with Gasteiger partial charge >= 0.3 is 0 Å². The first-order valence-electron chi connectivity index (χ1n) is 5.77. The number of allylic oxidation sites excluding steroid dienone is 2. The van der Waals surface area contributed by atoms with Gasteiger partial charge in [-0.15, -0.1) is 11.8 Å². The van der Waals surface area contributed by atoms with E-state index < -0.39 is 0 Å². The highest BCUT2D eigenvalue weighted by molar-refractivity contribution is 6.24. The number of nitrogens with one attached hydrogen (secondary N) is 1. The van der Waals surface area contributed by atoms with Gasteiger partial charge in [0.05, 0.1) is 5.70 Å². The van der Waals surface area contributed by atoms with Crippen LogP contribution in [0, 0.1) is 11.8 Å². The van der Waals surface area contributed by atoms with Gasteiger partial charge in [-0.25, -0.2) is 0 Å². The van der Waals surface area contributed by atoms with Crippen molar-refractivity contribution < 1.29 is 9.59 Å². The summed E-state index contributed by atoms with van der Waals surface area (Å²) < 4.78 is 0. The van der Waals surface area contributed by atoms with Crippen molar-refractivity contribution in [2.75, 3.05) is 6.54 Å². The molecule has 0 aromatic heterocycles. The standard InChI is InChI=1S/C15H13NO2/c1-2-3-6-9-16-13-10-14(17)11-7-4-5-8-12(11)15(13)18/h4-5,7-8,10,16H,6,9H2,1H3. The lowest BCUT2D eigenvalue weighted by atomic mass is 9.93. The minimum absolute atomic E-state index is 0.130. The Morgan fingerprint density at radius 1 is 1.17 bits per heavy atom. The lowest BCUT2D eigenvalue weighted by Crippen LogP contribution is -2.27. The average molecular weight is 239 g/mol. The van der Waals surface area contributed by atoms with Crippen molar-refractivity contribution in [2.24, 2.45) is 0 Å². The quantitative estimate of drug-likeness (QED) is 0.647. The highest BCUT2D eigenvalue weighted by Crippen LogP contribution is 2.19. The van der Waals surface area contributed by atoms with Crippen molar-refractivity contribution in [3.8, 4) is 11.8 Å². The molecular weight excluding hydrogens is 226 g/mol. The van der Waals surface area contributed by atoms with Gasteiger partial charge in [0.25, 0.3) is 0 Å². The minimum atomic E-state index is -0.130. The maximum atomic E-state index is 12.1. The van der Waals surface area contributed by atoms with E-state index >= 15 is 0 Å². The third-order valence-corrected chi connectivity index (χ3v) is 2.70. The number of benzene rings is 1. The molecule has 1 N–H and O–H groups in total. The van der Waals surface area contributed by atoms with E-state index in [1.807, 2.05) is 0 Å². The predicted molar refractivity (Wildman–Crippen MR) is 69.3 cm³/mol. The van der Waals surface area contributed by atoms with Gasteiger partial charge in [-0.05, 0) is 6.92 Å². The zero-order valence-electron chi connectivity index (χ0n) is 10.1. The molecule has 0 spiro atoms. The molecule has 0 radical (unpaired) electrons. The van der Waals surface area contributed by atoms with Crippen molar-refractivity contribution in [3.63, 3.8) is 0 Å². The van der Waals surface area contributed by atoms with Gasteiger partial charge in [0, 0.05) is 30.2 Å². The van der Waals surface area contributed by atoms with Crippen LogP contribution in [0.4, 0.5) is 0 Å². The summed E-state index contributed by atoms with van der Waals surface area (Å²) >= 11 is 0. The lowest BCUT2D eigenvalue weighted by molar-refractivity contribution is 0.0978. The van der Waals surface area contributed by atoms with Gasteiger partial charge in [0.1, 0.15) is 0 Å². The molecule has 0 saturated heterocycles. The molecule has 1 aliphatic rings. The summed E-state index contributed by atoms with van der Waals surface area (Å²) in [5.74, 6) is 5.42. The number of hydrogen-bond acceptors (Lipinski definition) is 3. The molecule has 2 rings (SSSR count). The van der Waals surface area contributed by atoms with E-state index in [-0.39, 0.29) is 11.6 Å². The van der Waals surface area contributed by atoms with Gasteiger partial charge in [-0.3, -0.25) is 9.59 Å². The number of hydrogen-bond donors (Lipinski definition) is 1. The SMILES string of the molecule is CC#CCCNC1=CC(=O)c2ccccc2C1=O. The molecule has 0 bridgehead atoms. The summed E-state index contributed by atoms with van der Waals surface area (Å²) in [6, 6.07) is 6.87. The monoisotopic (exact) mass is 239 g/mol. The zero-order valence-corrected chi connectivity index (χ0v) is 10.1. The van der Waals surface area contributed by atoms with Crippen molar-refractivity contribution >= 4 is 11.6 Å². The average Bonchev–Trinajstić information content (AvgIpc) is 2.40. The maximum Gasteiger partial charge on any atom is 0.209 e. The molecule has 18 heavy (non-hydrogen) atoms. The number of Topliss-reactive ketones (excluding diaryl/α,β-unsaturated/α-hetero) is 1. The second-order valence-electron chi connectivity index (χ2n) is 3.90. The van der Waals surface area contributed by atoms with Crippen LogP contribution in [0.2, 0.25) is 0 Å². The largest absolute Gasteiger partial charge is 0.381 e. The first-order chi connectivity index (χ1) is 8.74. The Hall–Kier alpha value is -2.34. The first kappa shape index (κ1) is 12.1. The molecular formula is C15H13NO2. The van der Waals surface area contributed by atoms with Crippen molar-refractivity contribution in [2.45, 2.75) is 13.3 Å². The van der Waals surface area contributed by atoms with Gasteiger partial charge in [-0.2, -0.15) is 0 Å². The van der Waals surface area contributed by atoms with Gasteiger partial charge < -0.3 is 5.32 Å². The summed E-state index contributed by atoms with van der Waals surface area (Å²) in [5, 5.41) is 2.97. The van der Waals surface area contributed by atoms with Gasteiger partial charge in [0.2, 0.25) is 5.78 Å². The summed E-state index contributed by atoms with van der Waals surface area (Å²) in [6.07, 6.45) is 2.01. The smallest absolute Gasteiger partial charge is 0.209 e. The fraction of sp³-hybridized carbons (Fsp3) is 0.200. The van der Waals surface area contributed by atoms with Crippen LogP contribution in [-0.4, -0.2) is 18.1 Å². The molecule has 0 saturated carbocycles. The van der Waals surface area contributed by atoms with E-state index in [0.717, 1.165) is 0 Å². The van der Waals surface area contributed by atoms with E-state index in [1.54, 1.807) is 31.2 Å². The normalized spacial score (nSPS) is 13.3. The molecule has 0 atom stereocenters. The van der Waals surface area contributed by atoms with Crippen LogP contribution in [-0.2, 0) is 0 Å². The van der Waals surface area contributed by atoms with Gasteiger partial charge in [-0.1, -0.05) is 24.3 Å². The zero-order chi connectivity index (χ0) is 13.0. The highest BCUT2D eigenvalue weighted by atomic mass is 16.1. The third-order valence-electron chi connectivity index (χ3n) is 2.70. The number of carbonyl (C=O) groups is 2. The van der Waals surface area contributed by atoms with Crippen molar-refractivity contribution in [1.29, 1.82) is 0 Å². The highest BCUT2D eigenvalue weighted by Gasteiger charge is 2.24. The van der Waals surface area contributed by atoms with Crippen LogP contribution in [0.25, 0.3) is 0 Å². The Bertz CT molecular complexity index is 588. The molecule has 1 aromatic rings. The number of rotatable bonds is 3. The molecule has 0 fully saturated rings. The molecule has 0 amide bonds. The van der Waals surface area contributed by atoms with Crippen LogP contribution in [0.3, 0.4) is 0 Å². The van der Waals surface area contributed by atoms with Crippen molar-refractivity contribution in [1.82, 2.24) is 5.32 Å². The molecule has 1 aliphatic carbocycles. The molecule has 90 valence electrons. The van der Waals surface area contributed by atoms with E-state index in [9.17, 15) is 9.59 Å². The Balaban J connectivity index is 2.17. The van der Waals surface area contributed by atoms with E-state index in [2.05, 4.69) is 17.2 Å². The third kappa shape index (κ3) is 2.33. The minimum Gasteiger partial charge on any atom is -0.381 e. The molecule has 3 heteroatoms. The molecule has 3 nitrogen and oxygen atoms in total.